The van der Waals surface area contributed by atoms with E-state index in [1.54, 1.807) is 12.1 Å². The van der Waals surface area contributed by atoms with Crippen molar-refractivity contribution in [2.24, 2.45) is 10.7 Å². The van der Waals surface area contributed by atoms with Gasteiger partial charge in [0.25, 0.3) is 5.69 Å². The minimum Gasteiger partial charge on any atom is -0.370 e. The second-order valence-corrected chi connectivity index (χ2v) is 5.16. The van der Waals surface area contributed by atoms with Crippen molar-refractivity contribution >= 4 is 28.6 Å². The number of aliphatic imine (C=N–C) groups is 1. The number of nitrogens with one attached hydrogen (secondary N) is 1. The van der Waals surface area contributed by atoms with Crippen molar-refractivity contribution < 1.29 is 4.92 Å². The molecule has 0 saturated heterocycles. The van der Waals surface area contributed by atoms with Crippen LogP contribution in [-0.2, 0) is 0 Å². The highest BCUT2D eigenvalue weighted by Crippen LogP contribution is 2.32. The van der Waals surface area contributed by atoms with Crippen LogP contribution in [0.15, 0.2) is 53.5 Å². The zero-order chi connectivity index (χ0) is 16.0. The van der Waals surface area contributed by atoms with Crippen molar-refractivity contribution in [3.05, 3.63) is 64.2 Å². The topological polar surface area (TPSA) is 111 Å². The molecule has 8 heteroatoms. The van der Waals surface area contributed by atoms with Gasteiger partial charge >= 0.3 is 0 Å². The number of para-hydroxylation sites is 2. The molecule has 114 valence electrons. The van der Waals surface area contributed by atoms with E-state index in [-0.39, 0.29) is 11.6 Å². The molecule has 0 unspecified atom stereocenters. The minimum absolute atomic E-state index is 0.0374. The number of benzene rings is 2. The largest absolute Gasteiger partial charge is 0.370 e. The molecular formula is C15H12N6O2. The molecule has 0 fully saturated rings. The fourth-order valence-corrected chi connectivity index (χ4v) is 2.71. The van der Waals surface area contributed by atoms with Crippen LogP contribution in [-0.4, -0.2) is 20.4 Å². The Bertz CT molecular complexity index is 944. The molecular weight excluding hydrogens is 296 g/mol. The molecule has 3 N–H and O–H groups in total. The van der Waals surface area contributed by atoms with Crippen LogP contribution in [0.3, 0.4) is 0 Å². The van der Waals surface area contributed by atoms with Gasteiger partial charge in [0.15, 0.2) is 12.1 Å². The molecule has 1 aromatic heterocycles. The van der Waals surface area contributed by atoms with Crippen LogP contribution in [0, 0.1) is 10.1 Å². The van der Waals surface area contributed by atoms with E-state index in [0.717, 1.165) is 16.6 Å². The standard InChI is InChI=1S/C15H12N6O2/c16-14-18-13(9-5-7-10(8-6-9)21(22)23)20-12-4-2-1-3-11(12)17-15(20)19-14/h1-8,13H,(H3,16,17,18,19)/t13-/m0/s1. The number of imidazole rings is 1. The minimum atomic E-state index is -0.429. The molecule has 3 aromatic rings. The lowest BCUT2D eigenvalue weighted by atomic mass is 10.1. The molecule has 0 spiro atoms. The van der Waals surface area contributed by atoms with Crippen LogP contribution in [0.2, 0.25) is 0 Å². The zero-order valence-electron chi connectivity index (χ0n) is 11.9. The number of nitro benzene ring substituents is 1. The van der Waals surface area contributed by atoms with Crippen LogP contribution < -0.4 is 11.1 Å². The van der Waals surface area contributed by atoms with Crippen LogP contribution in [0.4, 0.5) is 11.6 Å². The third-order valence-electron chi connectivity index (χ3n) is 3.74. The number of nitrogens with two attached hydrogens (primary N) is 1. The van der Waals surface area contributed by atoms with Gasteiger partial charge in [0.2, 0.25) is 5.95 Å². The lowest BCUT2D eigenvalue weighted by Crippen LogP contribution is -2.31. The maximum atomic E-state index is 10.8. The normalized spacial score (nSPS) is 16.5. The number of aromatic nitrogens is 2. The van der Waals surface area contributed by atoms with Gasteiger partial charge in [0, 0.05) is 12.1 Å². The van der Waals surface area contributed by atoms with Crippen molar-refractivity contribution in [3.8, 4) is 0 Å². The molecule has 0 bridgehead atoms. The van der Waals surface area contributed by atoms with E-state index < -0.39 is 11.1 Å². The van der Waals surface area contributed by atoms with E-state index in [2.05, 4.69) is 15.3 Å². The molecule has 1 aliphatic rings. The summed E-state index contributed by atoms with van der Waals surface area (Å²) in [4.78, 5) is 19.3. The van der Waals surface area contributed by atoms with Gasteiger partial charge in [0.05, 0.1) is 16.0 Å². The first kappa shape index (κ1) is 13.3. The zero-order valence-corrected chi connectivity index (χ0v) is 11.9. The van der Waals surface area contributed by atoms with Gasteiger partial charge in [0.1, 0.15) is 0 Å². The van der Waals surface area contributed by atoms with Crippen LogP contribution >= 0.6 is 0 Å². The highest BCUT2D eigenvalue weighted by molar-refractivity contribution is 5.94. The predicted octanol–water partition coefficient (Wildman–Crippen LogP) is 2.23. The molecule has 8 nitrogen and oxygen atoms in total. The molecule has 2 heterocycles. The predicted molar refractivity (Wildman–Crippen MR) is 86.2 cm³/mol. The summed E-state index contributed by atoms with van der Waals surface area (Å²) in [6, 6.07) is 14.0. The molecule has 0 saturated carbocycles. The third-order valence-corrected chi connectivity index (χ3v) is 3.74. The first-order chi connectivity index (χ1) is 11.1. The van der Waals surface area contributed by atoms with Crippen molar-refractivity contribution in [1.82, 2.24) is 9.55 Å². The summed E-state index contributed by atoms with van der Waals surface area (Å²) in [5.74, 6) is 0.859. The maximum Gasteiger partial charge on any atom is 0.269 e. The smallest absolute Gasteiger partial charge is 0.269 e. The van der Waals surface area contributed by atoms with Gasteiger partial charge in [-0.1, -0.05) is 12.1 Å². The molecule has 1 aliphatic heterocycles. The number of hydrogen-bond donors (Lipinski definition) is 2. The molecule has 2 aromatic carbocycles. The number of hydrogen-bond acceptors (Lipinski definition) is 6. The van der Waals surface area contributed by atoms with E-state index in [1.165, 1.54) is 12.1 Å². The number of anilines is 1. The summed E-state index contributed by atoms with van der Waals surface area (Å²) in [6.07, 6.45) is -0.417. The highest BCUT2D eigenvalue weighted by atomic mass is 16.6. The Kier molecular flexibility index (Phi) is 2.77. The summed E-state index contributed by atoms with van der Waals surface area (Å²) >= 11 is 0. The SMILES string of the molecule is NC1=N[C@H](c2ccc([N+](=O)[O-])cc2)n2c(nc3ccccc32)N1. The Morgan fingerprint density at radius 3 is 2.65 bits per heavy atom. The first-order valence-corrected chi connectivity index (χ1v) is 6.95. The van der Waals surface area contributed by atoms with E-state index in [1.807, 2.05) is 28.8 Å². The molecule has 0 amide bonds. The summed E-state index contributed by atoms with van der Waals surface area (Å²) < 4.78 is 1.92. The summed E-state index contributed by atoms with van der Waals surface area (Å²) in [6.45, 7) is 0. The second kappa shape index (κ2) is 4.80. The molecule has 4 rings (SSSR count). The van der Waals surface area contributed by atoms with E-state index in [0.29, 0.717) is 5.95 Å². The van der Waals surface area contributed by atoms with Crippen LogP contribution in [0.5, 0.6) is 0 Å². The molecule has 0 aliphatic carbocycles. The lowest BCUT2D eigenvalue weighted by molar-refractivity contribution is -0.384. The van der Waals surface area contributed by atoms with E-state index >= 15 is 0 Å². The third kappa shape index (κ3) is 2.08. The number of rotatable bonds is 2. The molecule has 23 heavy (non-hydrogen) atoms. The Labute approximate surface area is 130 Å². The molecule has 0 radical (unpaired) electrons. The summed E-state index contributed by atoms with van der Waals surface area (Å²) in [5, 5.41) is 13.8. The number of nitro groups is 1. The van der Waals surface area contributed by atoms with Crippen molar-refractivity contribution in [2.45, 2.75) is 6.17 Å². The van der Waals surface area contributed by atoms with Crippen molar-refractivity contribution in [2.75, 3.05) is 5.32 Å². The average Bonchev–Trinajstić information content (AvgIpc) is 2.92. The van der Waals surface area contributed by atoms with Gasteiger partial charge in [-0.2, -0.15) is 0 Å². The molecule has 1 atom stereocenters. The van der Waals surface area contributed by atoms with Gasteiger partial charge in [-0.25, -0.2) is 9.98 Å². The van der Waals surface area contributed by atoms with E-state index in [9.17, 15) is 10.1 Å². The second-order valence-electron chi connectivity index (χ2n) is 5.16. The fraction of sp³-hybridized carbons (Fsp3) is 0.0667. The Hall–Kier alpha value is -3.42. The van der Waals surface area contributed by atoms with Gasteiger partial charge in [-0.05, 0) is 29.8 Å². The van der Waals surface area contributed by atoms with Gasteiger partial charge < -0.3 is 5.73 Å². The van der Waals surface area contributed by atoms with E-state index in [4.69, 9.17) is 5.73 Å². The Morgan fingerprint density at radius 2 is 1.91 bits per heavy atom. The van der Waals surface area contributed by atoms with Crippen molar-refractivity contribution in [1.29, 1.82) is 0 Å². The number of non-ortho nitro benzene ring substituents is 1. The lowest BCUT2D eigenvalue weighted by Gasteiger charge is -2.23. The van der Waals surface area contributed by atoms with Gasteiger partial charge in [-0.15, -0.1) is 0 Å². The fourth-order valence-electron chi connectivity index (χ4n) is 2.71. The maximum absolute atomic E-state index is 10.8. The summed E-state index contributed by atoms with van der Waals surface area (Å²) in [7, 11) is 0. The highest BCUT2D eigenvalue weighted by Gasteiger charge is 2.25. The van der Waals surface area contributed by atoms with Crippen LogP contribution in [0.25, 0.3) is 11.0 Å². The summed E-state index contributed by atoms with van der Waals surface area (Å²) in [5.41, 5.74) is 8.43. The van der Waals surface area contributed by atoms with Crippen molar-refractivity contribution in [3.63, 3.8) is 0 Å². The monoisotopic (exact) mass is 308 g/mol. The number of guanidine groups is 1. The Morgan fingerprint density at radius 1 is 1.17 bits per heavy atom. The quantitative estimate of drug-likeness (QED) is 0.557. The Balaban J connectivity index is 1.88. The number of nitrogens with zero attached hydrogens (tertiary/aromatic N) is 4. The first-order valence-electron chi connectivity index (χ1n) is 6.95. The number of fused-ring (bicyclic) bond motifs is 3. The van der Waals surface area contributed by atoms with Gasteiger partial charge in [-0.3, -0.25) is 20.0 Å². The van der Waals surface area contributed by atoms with Crippen LogP contribution in [0.1, 0.15) is 11.7 Å². The average molecular weight is 308 g/mol.